The Morgan fingerprint density at radius 2 is 1.91 bits per heavy atom. The van der Waals surface area contributed by atoms with Gasteiger partial charge < -0.3 is 15.0 Å². The van der Waals surface area contributed by atoms with Gasteiger partial charge in [0.2, 0.25) is 5.95 Å². The van der Waals surface area contributed by atoms with Crippen LogP contribution in [0.25, 0.3) is 11.0 Å². The molecule has 0 amide bonds. The van der Waals surface area contributed by atoms with Crippen molar-refractivity contribution < 1.29 is 9.53 Å². The van der Waals surface area contributed by atoms with Crippen LogP contribution in [-0.2, 0) is 11.3 Å². The number of carbonyl (C=O) groups is 1. The van der Waals surface area contributed by atoms with Crippen molar-refractivity contribution in [3.63, 3.8) is 0 Å². The Hall–Kier alpha value is -2.82. The van der Waals surface area contributed by atoms with Gasteiger partial charge in [-0.3, -0.25) is 0 Å². The lowest BCUT2D eigenvalue weighted by Crippen LogP contribution is -2.06. The molecule has 0 spiro atoms. The maximum absolute atomic E-state index is 11.6. The second-order valence-corrected chi connectivity index (χ2v) is 4.96. The van der Waals surface area contributed by atoms with Crippen LogP contribution < -0.4 is 5.73 Å². The molecule has 0 saturated heterocycles. The molecule has 1 heterocycles. The van der Waals surface area contributed by atoms with Crippen molar-refractivity contribution in [1.82, 2.24) is 9.55 Å². The molecule has 112 valence electrons. The number of nitrogens with two attached hydrogens (primary N) is 1. The Morgan fingerprint density at radius 3 is 2.64 bits per heavy atom. The lowest BCUT2D eigenvalue weighted by Gasteiger charge is -2.08. The second kappa shape index (κ2) is 5.89. The SMILES string of the molecule is CCOC(=O)c1ccc(Cn2c(N)nc3ccccc32)cc1. The molecule has 0 fully saturated rings. The van der Waals surface area contributed by atoms with Crippen LogP contribution in [0.2, 0.25) is 0 Å². The molecule has 3 aromatic rings. The third-order valence-corrected chi connectivity index (χ3v) is 3.49. The quantitative estimate of drug-likeness (QED) is 0.751. The molecule has 0 saturated carbocycles. The van der Waals surface area contributed by atoms with E-state index in [0.29, 0.717) is 24.7 Å². The molecule has 5 nitrogen and oxygen atoms in total. The van der Waals surface area contributed by atoms with Crippen molar-refractivity contribution in [1.29, 1.82) is 0 Å². The van der Waals surface area contributed by atoms with Crippen LogP contribution >= 0.6 is 0 Å². The van der Waals surface area contributed by atoms with E-state index in [1.165, 1.54) is 0 Å². The number of esters is 1. The minimum absolute atomic E-state index is 0.304. The van der Waals surface area contributed by atoms with Crippen molar-refractivity contribution in [3.8, 4) is 0 Å². The molecule has 0 atom stereocenters. The molecule has 0 aliphatic heterocycles. The Labute approximate surface area is 128 Å². The predicted octanol–water partition coefficient (Wildman–Crippen LogP) is 2.84. The highest BCUT2D eigenvalue weighted by molar-refractivity contribution is 5.89. The van der Waals surface area contributed by atoms with E-state index in [9.17, 15) is 4.79 Å². The number of para-hydroxylation sites is 2. The Morgan fingerprint density at radius 1 is 1.18 bits per heavy atom. The molecule has 0 unspecified atom stereocenters. The molecule has 3 rings (SSSR count). The highest BCUT2D eigenvalue weighted by Crippen LogP contribution is 2.19. The van der Waals surface area contributed by atoms with Crippen molar-refractivity contribution in [2.45, 2.75) is 13.5 Å². The zero-order valence-electron chi connectivity index (χ0n) is 12.3. The summed E-state index contributed by atoms with van der Waals surface area (Å²) in [5.41, 5.74) is 9.46. The van der Waals surface area contributed by atoms with Crippen LogP contribution in [0.3, 0.4) is 0 Å². The van der Waals surface area contributed by atoms with E-state index in [-0.39, 0.29) is 5.97 Å². The van der Waals surface area contributed by atoms with Gasteiger partial charge in [-0.2, -0.15) is 0 Å². The maximum Gasteiger partial charge on any atom is 0.338 e. The van der Waals surface area contributed by atoms with E-state index < -0.39 is 0 Å². The van der Waals surface area contributed by atoms with Crippen LogP contribution in [0, 0.1) is 0 Å². The molecular weight excluding hydrogens is 278 g/mol. The summed E-state index contributed by atoms with van der Waals surface area (Å²) < 4.78 is 6.93. The van der Waals surface area contributed by atoms with Gasteiger partial charge in [0.15, 0.2) is 0 Å². The number of carbonyl (C=O) groups excluding carboxylic acids is 1. The molecule has 22 heavy (non-hydrogen) atoms. The molecule has 0 bridgehead atoms. The van der Waals surface area contributed by atoms with Gasteiger partial charge in [0.1, 0.15) is 0 Å². The number of nitrogens with zero attached hydrogens (tertiary/aromatic N) is 2. The van der Waals surface area contributed by atoms with Crippen LogP contribution in [0.15, 0.2) is 48.5 Å². The fourth-order valence-corrected chi connectivity index (χ4v) is 2.40. The summed E-state index contributed by atoms with van der Waals surface area (Å²) in [6.07, 6.45) is 0. The molecule has 2 N–H and O–H groups in total. The maximum atomic E-state index is 11.6. The first kappa shape index (κ1) is 14.1. The molecule has 5 heteroatoms. The minimum Gasteiger partial charge on any atom is -0.462 e. The number of ether oxygens (including phenoxy) is 1. The van der Waals surface area contributed by atoms with Gasteiger partial charge in [-0.05, 0) is 36.8 Å². The zero-order valence-corrected chi connectivity index (χ0v) is 12.3. The largest absolute Gasteiger partial charge is 0.462 e. The molecule has 0 radical (unpaired) electrons. The third kappa shape index (κ3) is 2.65. The second-order valence-electron chi connectivity index (χ2n) is 4.96. The number of hydrogen-bond donors (Lipinski definition) is 1. The average molecular weight is 295 g/mol. The number of nitrogen functional groups attached to an aromatic ring is 1. The number of anilines is 1. The van der Waals surface area contributed by atoms with Gasteiger partial charge in [0.05, 0.1) is 29.7 Å². The first-order valence-corrected chi connectivity index (χ1v) is 7.16. The Kier molecular flexibility index (Phi) is 3.78. The number of imidazole rings is 1. The van der Waals surface area contributed by atoms with E-state index >= 15 is 0 Å². The fraction of sp³-hybridized carbons (Fsp3) is 0.176. The van der Waals surface area contributed by atoms with E-state index in [2.05, 4.69) is 4.98 Å². The number of benzene rings is 2. The first-order chi connectivity index (χ1) is 10.7. The van der Waals surface area contributed by atoms with Crippen LogP contribution in [0.5, 0.6) is 0 Å². The molecule has 0 aliphatic rings. The Bertz CT molecular complexity index is 806. The van der Waals surface area contributed by atoms with Gasteiger partial charge in [0, 0.05) is 0 Å². The normalized spacial score (nSPS) is 10.8. The number of rotatable bonds is 4. The Balaban J connectivity index is 1.86. The average Bonchev–Trinajstić information content (AvgIpc) is 2.84. The van der Waals surface area contributed by atoms with Crippen molar-refractivity contribution in [2.24, 2.45) is 0 Å². The van der Waals surface area contributed by atoms with Gasteiger partial charge in [-0.1, -0.05) is 24.3 Å². The predicted molar refractivity (Wildman–Crippen MR) is 85.6 cm³/mol. The summed E-state index contributed by atoms with van der Waals surface area (Å²) in [5, 5.41) is 0. The highest BCUT2D eigenvalue weighted by atomic mass is 16.5. The number of fused-ring (bicyclic) bond motifs is 1. The summed E-state index contributed by atoms with van der Waals surface area (Å²) >= 11 is 0. The first-order valence-electron chi connectivity index (χ1n) is 7.16. The van der Waals surface area contributed by atoms with Crippen molar-refractivity contribution in [3.05, 3.63) is 59.7 Å². The summed E-state index contributed by atoms with van der Waals surface area (Å²) in [4.78, 5) is 16.0. The zero-order chi connectivity index (χ0) is 15.5. The van der Waals surface area contributed by atoms with E-state index in [1.54, 1.807) is 19.1 Å². The third-order valence-electron chi connectivity index (χ3n) is 3.49. The van der Waals surface area contributed by atoms with Gasteiger partial charge in [-0.15, -0.1) is 0 Å². The fourth-order valence-electron chi connectivity index (χ4n) is 2.40. The summed E-state index contributed by atoms with van der Waals surface area (Å²) in [6, 6.07) is 15.2. The van der Waals surface area contributed by atoms with Crippen molar-refractivity contribution >= 4 is 23.0 Å². The van der Waals surface area contributed by atoms with E-state index in [1.807, 2.05) is 41.0 Å². The summed E-state index contributed by atoms with van der Waals surface area (Å²) in [5.74, 6) is 0.178. The van der Waals surface area contributed by atoms with Crippen LogP contribution in [0.4, 0.5) is 5.95 Å². The lowest BCUT2D eigenvalue weighted by atomic mass is 10.1. The number of aromatic nitrogens is 2. The monoisotopic (exact) mass is 295 g/mol. The smallest absolute Gasteiger partial charge is 0.338 e. The molecule has 0 aliphatic carbocycles. The van der Waals surface area contributed by atoms with Gasteiger partial charge in [0.25, 0.3) is 0 Å². The topological polar surface area (TPSA) is 70.1 Å². The van der Waals surface area contributed by atoms with Crippen LogP contribution in [0.1, 0.15) is 22.8 Å². The molecule has 2 aromatic carbocycles. The van der Waals surface area contributed by atoms with E-state index in [4.69, 9.17) is 10.5 Å². The molecule has 1 aromatic heterocycles. The summed E-state index contributed by atoms with van der Waals surface area (Å²) in [6.45, 7) is 2.77. The van der Waals surface area contributed by atoms with Gasteiger partial charge >= 0.3 is 5.97 Å². The van der Waals surface area contributed by atoms with Crippen LogP contribution in [-0.4, -0.2) is 22.1 Å². The highest BCUT2D eigenvalue weighted by Gasteiger charge is 2.09. The van der Waals surface area contributed by atoms with Crippen molar-refractivity contribution in [2.75, 3.05) is 12.3 Å². The lowest BCUT2D eigenvalue weighted by molar-refractivity contribution is 0.0526. The minimum atomic E-state index is -0.304. The number of hydrogen-bond acceptors (Lipinski definition) is 4. The van der Waals surface area contributed by atoms with Gasteiger partial charge in [-0.25, -0.2) is 9.78 Å². The van der Waals surface area contributed by atoms with E-state index in [0.717, 1.165) is 16.6 Å². The summed E-state index contributed by atoms with van der Waals surface area (Å²) in [7, 11) is 0. The standard InChI is InChI=1S/C17H17N3O2/c1-2-22-16(21)13-9-7-12(8-10-13)11-20-15-6-4-3-5-14(15)19-17(20)18/h3-10H,2,11H2,1H3,(H2,18,19). The molecular formula is C17H17N3O2.